The van der Waals surface area contributed by atoms with E-state index < -0.39 is 0 Å². The van der Waals surface area contributed by atoms with Crippen LogP contribution in [0, 0.1) is 11.7 Å². The number of hydrogen-bond acceptors (Lipinski definition) is 2. The number of halogens is 1. The molecule has 2 amide bonds. The summed E-state index contributed by atoms with van der Waals surface area (Å²) in [5.74, 6) is -0.350. The molecule has 2 unspecified atom stereocenters. The van der Waals surface area contributed by atoms with E-state index >= 15 is 0 Å². The van der Waals surface area contributed by atoms with Crippen molar-refractivity contribution in [2.24, 2.45) is 5.92 Å². The predicted molar refractivity (Wildman–Crippen MR) is 99.6 cm³/mol. The number of hydrogen-bond donors (Lipinski definition) is 1. The van der Waals surface area contributed by atoms with Crippen LogP contribution in [0.3, 0.4) is 0 Å². The fourth-order valence-corrected chi connectivity index (χ4v) is 3.22. The minimum atomic E-state index is -0.273. The predicted octanol–water partition coefficient (Wildman–Crippen LogP) is 4.05. The summed E-state index contributed by atoms with van der Waals surface area (Å²) in [6.45, 7) is 5.17. The van der Waals surface area contributed by atoms with Crippen LogP contribution in [0.15, 0.2) is 48.5 Å². The van der Waals surface area contributed by atoms with Crippen LogP contribution in [-0.2, 0) is 4.79 Å². The maximum atomic E-state index is 13.0. The van der Waals surface area contributed by atoms with Crippen LogP contribution >= 0.6 is 0 Å². The van der Waals surface area contributed by atoms with Crippen molar-refractivity contribution in [2.75, 3.05) is 18.4 Å². The van der Waals surface area contributed by atoms with E-state index in [1.54, 1.807) is 41.3 Å². The van der Waals surface area contributed by atoms with Gasteiger partial charge < -0.3 is 10.2 Å². The lowest BCUT2D eigenvalue weighted by molar-refractivity contribution is -0.117. The van der Waals surface area contributed by atoms with Crippen molar-refractivity contribution in [3.05, 3.63) is 65.5 Å². The summed E-state index contributed by atoms with van der Waals surface area (Å²) >= 11 is 0. The largest absolute Gasteiger partial charge is 0.339 e. The summed E-state index contributed by atoms with van der Waals surface area (Å²) in [4.78, 5) is 26.7. The van der Waals surface area contributed by atoms with Gasteiger partial charge in [-0.25, -0.2) is 4.39 Å². The first-order chi connectivity index (χ1) is 12.5. The van der Waals surface area contributed by atoms with E-state index in [0.29, 0.717) is 24.3 Å². The van der Waals surface area contributed by atoms with Gasteiger partial charge in [0.25, 0.3) is 5.91 Å². The molecule has 0 aliphatic heterocycles. The Morgan fingerprint density at radius 2 is 1.81 bits per heavy atom. The molecule has 26 heavy (non-hydrogen) atoms. The number of benzene rings is 2. The highest BCUT2D eigenvalue weighted by molar-refractivity contribution is 5.98. The zero-order valence-corrected chi connectivity index (χ0v) is 15.0. The molecule has 1 aliphatic rings. The molecular weight excluding hydrogens is 331 g/mol. The second kappa shape index (κ2) is 7.68. The summed E-state index contributed by atoms with van der Waals surface area (Å²) in [5, 5.41) is 2.90. The van der Waals surface area contributed by atoms with Gasteiger partial charge in [-0.05, 0) is 62.1 Å². The third-order valence-corrected chi connectivity index (χ3v) is 4.85. The van der Waals surface area contributed by atoms with E-state index in [1.165, 1.54) is 12.1 Å². The second-order valence-electron chi connectivity index (χ2n) is 6.55. The minimum absolute atomic E-state index is 0.0401. The van der Waals surface area contributed by atoms with Crippen LogP contribution in [0.4, 0.5) is 10.1 Å². The first-order valence-corrected chi connectivity index (χ1v) is 8.99. The van der Waals surface area contributed by atoms with Gasteiger partial charge in [0.1, 0.15) is 5.82 Å². The van der Waals surface area contributed by atoms with Crippen LogP contribution in [0.25, 0.3) is 0 Å². The van der Waals surface area contributed by atoms with E-state index in [4.69, 9.17) is 0 Å². The Bertz CT molecular complexity index is 800. The maximum Gasteiger partial charge on any atom is 0.253 e. The Balaban J connectivity index is 1.64. The van der Waals surface area contributed by atoms with Gasteiger partial charge in [-0.1, -0.05) is 18.2 Å². The van der Waals surface area contributed by atoms with Crippen LogP contribution in [0.5, 0.6) is 0 Å². The Labute approximate surface area is 153 Å². The van der Waals surface area contributed by atoms with Gasteiger partial charge in [0.05, 0.1) is 0 Å². The number of nitrogens with one attached hydrogen (secondary N) is 1. The maximum absolute atomic E-state index is 13.0. The highest BCUT2D eigenvalue weighted by Crippen LogP contribution is 2.48. The number of nitrogens with zero attached hydrogens (tertiary/aromatic N) is 1. The highest BCUT2D eigenvalue weighted by Gasteiger charge is 2.43. The Kier molecular flexibility index (Phi) is 5.35. The van der Waals surface area contributed by atoms with Gasteiger partial charge in [-0.2, -0.15) is 0 Å². The summed E-state index contributed by atoms with van der Waals surface area (Å²) < 4.78 is 13.0. The molecule has 0 radical (unpaired) electrons. The molecule has 0 spiro atoms. The second-order valence-corrected chi connectivity index (χ2v) is 6.55. The van der Waals surface area contributed by atoms with Crippen LogP contribution in [-0.4, -0.2) is 29.8 Å². The molecule has 1 fully saturated rings. The molecule has 136 valence electrons. The van der Waals surface area contributed by atoms with Gasteiger partial charge in [0.15, 0.2) is 0 Å². The quantitative estimate of drug-likeness (QED) is 0.851. The number of carbonyl (C=O) groups is 2. The average molecular weight is 354 g/mol. The monoisotopic (exact) mass is 354 g/mol. The molecule has 0 saturated heterocycles. The molecule has 2 aromatic rings. The third-order valence-electron chi connectivity index (χ3n) is 4.85. The summed E-state index contributed by atoms with van der Waals surface area (Å²) in [5.41, 5.74) is 2.17. The minimum Gasteiger partial charge on any atom is -0.339 e. The van der Waals surface area contributed by atoms with Gasteiger partial charge in [0.2, 0.25) is 5.91 Å². The van der Waals surface area contributed by atoms with E-state index in [1.807, 2.05) is 13.8 Å². The topological polar surface area (TPSA) is 49.4 Å². The van der Waals surface area contributed by atoms with Gasteiger partial charge in [0, 0.05) is 30.3 Å². The summed E-state index contributed by atoms with van der Waals surface area (Å²) in [6.07, 6.45) is 0.759. The lowest BCUT2D eigenvalue weighted by Crippen LogP contribution is -2.30. The standard InChI is InChI=1S/C21H23FN2O2/c1-3-24(4-2)21(26)15-6-5-7-17(12-15)23-20(25)19-13-18(19)14-8-10-16(22)11-9-14/h5-12,18-19H,3-4,13H2,1-2H3,(H,23,25). The van der Waals surface area contributed by atoms with E-state index in [0.717, 1.165) is 12.0 Å². The lowest BCUT2D eigenvalue weighted by Gasteiger charge is -2.19. The molecular formula is C21H23FN2O2. The van der Waals surface area contributed by atoms with Crippen molar-refractivity contribution in [3.63, 3.8) is 0 Å². The number of rotatable bonds is 6. The molecule has 1 aliphatic carbocycles. The normalized spacial score (nSPS) is 18.3. The van der Waals surface area contributed by atoms with E-state index in [2.05, 4.69) is 5.32 Å². The summed E-state index contributed by atoms with van der Waals surface area (Å²) in [7, 11) is 0. The molecule has 4 nitrogen and oxygen atoms in total. The molecule has 1 saturated carbocycles. The molecule has 3 rings (SSSR count). The van der Waals surface area contributed by atoms with Gasteiger partial charge >= 0.3 is 0 Å². The Hall–Kier alpha value is -2.69. The zero-order chi connectivity index (χ0) is 18.7. The third kappa shape index (κ3) is 3.93. The van der Waals surface area contributed by atoms with E-state index in [-0.39, 0.29) is 29.5 Å². The SMILES string of the molecule is CCN(CC)C(=O)c1cccc(NC(=O)C2CC2c2ccc(F)cc2)c1. The van der Waals surface area contributed by atoms with Crippen LogP contribution in [0.2, 0.25) is 0 Å². The smallest absolute Gasteiger partial charge is 0.253 e. The van der Waals surface area contributed by atoms with Gasteiger partial charge in [-0.3, -0.25) is 9.59 Å². The molecule has 1 N–H and O–H groups in total. The fraction of sp³-hybridized carbons (Fsp3) is 0.333. The van der Waals surface area contributed by atoms with Crippen molar-refractivity contribution in [3.8, 4) is 0 Å². The first-order valence-electron chi connectivity index (χ1n) is 8.99. The van der Waals surface area contributed by atoms with Crippen molar-refractivity contribution in [1.82, 2.24) is 4.90 Å². The van der Waals surface area contributed by atoms with E-state index in [9.17, 15) is 14.0 Å². The number of amides is 2. The molecule has 2 aromatic carbocycles. The first kappa shape index (κ1) is 18.1. The molecule has 0 heterocycles. The number of anilines is 1. The van der Waals surface area contributed by atoms with Crippen molar-refractivity contribution < 1.29 is 14.0 Å². The number of carbonyl (C=O) groups excluding carboxylic acids is 2. The Morgan fingerprint density at radius 1 is 1.12 bits per heavy atom. The molecule has 0 aromatic heterocycles. The summed E-state index contributed by atoms with van der Waals surface area (Å²) in [6, 6.07) is 13.3. The zero-order valence-electron chi connectivity index (χ0n) is 15.0. The van der Waals surface area contributed by atoms with Gasteiger partial charge in [-0.15, -0.1) is 0 Å². The van der Waals surface area contributed by atoms with Crippen molar-refractivity contribution in [1.29, 1.82) is 0 Å². The lowest BCUT2D eigenvalue weighted by atomic mass is 10.1. The molecule has 0 bridgehead atoms. The highest BCUT2D eigenvalue weighted by atomic mass is 19.1. The molecule has 5 heteroatoms. The average Bonchev–Trinajstić information content (AvgIpc) is 3.44. The molecule has 2 atom stereocenters. The van der Waals surface area contributed by atoms with Crippen LogP contribution in [0.1, 0.15) is 42.1 Å². The van der Waals surface area contributed by atoms with Crippen molar-refractivity contribution in [2.45, 2.75) is 26.2 Å². The fourth-order valence-electron chi connectivity index (χ4n) is 3.22. The van der Waals surface area contributed by atoms with Crippen molar-refractivity contribution >= 4 is 17.5 Å². The Morgan fingerprint density at radius 3 is 2.46 bits per heavy atom. The van der Waals surface area contributed by atoms with Crippen LogP contribution < -0.4 is 5.32 Å².